The summed E-state index contributed by atoms with van der Waals surface area (Å²) in [6.07, 6.45) is 1.59. The van der Waals surface area contributed by atoms with E-state index in [1.165, 1.54) is 0 Å². The van der Waals surface area contributed by atoms with E-state index in [-0.39, 0.29) is 17.6 Å². The number of hydrogen-bond donors (Lipinski definition) is 2. The molecule has 0 aromatic carbocycles. The highest BCUT2D eigenvalue weighted by Crippen LogP contribution is 2.32. The summed E-state index contributed by atoms with van der Waals surface area (Å²) in [6.45, 7) is 6.32. The Kier molecular flexibility index (Phi) is 3.90. The van der Waals surface area contributed by atoms with Crippen molar-refractivity contribution in [3.05, 3.63) is 24.2 Å². The quantitative estimate of drug-likeness (QED) is 0.590. The van der Waals surface area contributed by atoms with Gasteiger partial charge >= 0.3 is 0 Å². The molecule has 0 spiro atoms. The number of methoxy groups -OCH3 is 1. The zero-order valence-electron chi connectivity index (χ0n) is 9.78. The molecule has 15 heavy (non-hydrogen) atoms. The number of furan rings is 1. The van der Waals surface area contributed by atoms with Gasteiger partial charge in [-0.15, -0.1) is 0 Å². The molecule has 0 saturated heterocycles. The average Bonchev–Trinajstić information content (AvgIpc) is 2.64. The van der Waals surface area contributed by atoms with Crippen molar-refractivity contribution >= 4 is 0 Å². The lowest BCUT2D eigenvalue weighted by molar-refractivity contribution is -0.0170. The van der Waals surface area contributed by atoms with E-state index in [1.54, 1.807) is 13.4 Å². The van der Waals surface area contributed by atoms with Crippen molar-refractivity contribution < 1.29 is 9.15 Å². The third-order valence-corrected chi connectivity index (χ3v) is 2.44. The Labute approximate surface area is 90.8 Å². The second-order valence-corrected chi connectivity index (χ2v) is 4.68. The minimum absolute atomic E-state index is 0.0153. The van der Waals surface area contributed by atoms with Gasteiger partial charge in [-0.3, -0.25) is 5.84 Å². The van der Waals surface area contributed by atoms with Gasteiger partial charge in [-0.1, -0.05) is 20.8 Å². The number of rotatable bonds is 4. The van der Waals surface area contributed by atoms with Crippen LogP contribution in [0.2, 0.25) is 0 Å². The molecule has 4 heteroatoms. The van der Waals surface area contributed by atoms with Crippen LogP contribution < -0.4 is 11.3 Å². The summed E-state index contributed by atoms with van der Waals surface area (Å²) in [6, 6.07) is 3.60. The summed E-state index contributed by atoms with van der Waals surface area (Å²) < 4.78 is 10.8. The van der Waals surface area contributed by atoms with Crippen LogP contribution in [0.15, 0.2) is 22.8 Å². The summed E-state index contributed by atoms with van der Waals surface area (Å²) in [7, 11) is 1.68. The number of nitrogens with one attached hydrogen (secondary N) is 1. The van der Waals surface area contributed by atoms with Crippen LogP contribution in [0.25, 0.3) is 0 Å². The van der Waals surface area contributed by atoms with Crippen LogP contribution in [0.4, 0.5) is 0 Å². The highest BCUT2D eigenvalue weighted by atomic mass is 16.5. The van der Waals surface area contributed by atoms with Gasteiger partial charge in [0.15, 0.2) is 0 Å². The molecule has 1 rings (SSSR count). The summed E-state index contributed by atoms with van der Waals surface area (Å²) in [5.74, 6) is 6.34. The Bertz CT molecular complexity index is 277. The zero-order valence-corrected chi connectivity index (χ0v) is 9.78. The predicted octanol–water partition coefficient (Wildman–Crippen LogP) is 1.85. The van der Waals surface area contributed by atoms with E-state index in [0.29, 0.717) is 0 Å². The van der Waals surface area contributed by atoms with Crippen LogP contribution >= 0.6 is 0 Å². The number of hydrazine groups is 1. The molecule has 2 atom stereocenters. The highest BCUT2D eigenvalue weighted by molar-refractivity contribution is 5.07. The molecule has 0 aliphatic carbocycles. The van der Waals surface area contributed by atoms with E-state index in [2.05, 4.69) is 26.2 Å². The van der Waals surface area contributed by atoms with E-state index in [1.807, 2.05) is 12.1 Å². The predicted molar refractivity (Wildman–Crippen MR) is 59.0 cm³/mol. The standard InChI is InChI=1S/C11H20N2O2/c1-11(2,3)10(14-4)9(13-12)8-6-5-7-15-8/h5-7,9-10,13H,12H2,1-4H3. The summed E-state index contributed by atoms with van der Waals surface area (Å²) in [5.41, 5.74) is 2.73. The fourth-order valence-electron chi connectivity index (χ4n) is 1.78. The maximum Gasteiger partial charge on any atom is 0.124 e. The molecule has 0 bridgehead atoms. The molecule has 0 aliphatic heterocycles. The lowest BCUT2D eigenvalue weighted by Crippen LogP contribution is -2.44. The van der Waals surface area contributed by atoms with E-state index in [9.17, 15) is 0 Å². The summed E-state index contributed by atoms with van der Waals surface area (Å²) in [4.78, 5) is 0. The van der Waals surface area contributed by atoms with Crippen molar-refractivity contribution in [3.63, 3.8) is 0 Å². The van der Waals surface area contributed by atoms with Crippen LogP contribution in [0.5, 0.6) is 0 Å². The zero-order chi connectivity index (χ0) is 11.5. The van der Waals surface area contributed by atoms with Crippen molar-refractivity contribution in [1.82, 2.24) is 5.43 Å². The van der Waals surface area contributed by atoms with Crippen LogP contribution in [-0.2, 0) is 4.74 Å². The van der Waals surface area contributed by atoms with Crippen LogP contribution in [-0.4, -0.2) is 13.2 Å². The Morgan fingerprint density at radius 3 is 2.47 bits per heavy atom. The molecule has 0 radical (unpaired) electrons. The summed E-state index contributed by atoms with van der Waals surface area (Å²) in [5, 5.41) is 0. The van der Waals surface area contributed by atoms with Gasteiger partial charge in [0.2, 0.25) is 0 Å². The van der Waals surface area contributed by atoms with Crippen molar-refractivity contribution in [2.45, 2.75) is 32.9 Å². The first-order valence-corrected chi connectivity index (χ1v) is 5.03. The van der Waals surface area contributed by atoms with E-state index in [0.717, 1.165) is 5.76 Å². The van der Waals surface area contributed by atoms with E-state index >= 15 is 0 Å². The number of nitrogens with two attached hydrogens (primary N) is 1. The van der Waals surface area contributed by atoms with Crippen molar-refractivity contribution in [1.29, 1.82) is 0 Å². The third kappa shape index (κ3) is 2.81. The minimum Gasteiger partial charge on any atom is -0.468 e. The molecule has 1 aromatic heterocycles. The molecule has 2 unspecified atom stereocenters. The third-order valence-electron chi connectivity index (χ3n) is 2.44. The molecule has 0 aliphatic rings. The molecule has 0 fully saturated rings. The van der Waals surface area contributed by atoms with Crippen LogP contribution in [0.3, 0.4) is 0 Å². The topological polar surface area (TPSA) is 60.4 Å². The maximum absolute atomic E-state index is 5.55. The average molecular weight is 212 g/mol. The SMILES string of the molecule is COC(C(NN)c1ccco1)C(C)(C)C. The first-order chi connectivity index (χ1) is 7.00. The smallest absolute Gasteiger partial charge is 0.124 e. The van der Waals surface area contributed by atoms with Crippen molar-refractivity contribution in [2.24, 2.45) is 11.3 Å². The number of hydrogen-bond acceptors (Lipinski definition) is 4. The molecule has 0 amide bonds. The van der Waals surface area contributed by atoms with Gasteiger partial charge in [0, 0.05) is 7.11 Å². The van der Waals surface area contributed by atoms with Gasteiger partial charge in [0.25, 0.3) is 0 Å². The van der Waals surface area contributed by atoms with Gasteiger partial charge in [-0.05, 0) is 17.5 Å². The van der Waals surface area contributed by atoms with Gasteiger partial charge in [0.1, 0.15) is 11.8 Å². The molecule has 1 aromatic rings. The Hall–Kier alpha value is -0.840. The molecular formula is C11H20N2O2. The molecular weight excluding hydrogens is 192 g/mol. The van der Waals surface area contributed by atoms with Gasteiger partial charge in [-0.2, -0.15) is 0 Å². The summed E-state index contributed by atoms with van der Waals surface area (Å²) >= 11 is 0. The molecule has 3 N–H and O–H groups in total. The minimum atomic E-state index is -0.134. The van der Waals surface area contributed by atoms with Gasteiger partial charge in [-0.25, -0.2) is 5.43 Å². The van der Waals surface area contributed by atoms with Gasteiger partial charge in [0.05, 0.1) is 12.4 Å². The van der Waals surface area contributed by atoms with E-state index < -0.39 is 0 Å². The van der Waals surface area contributed by atoms with Crippen LogP contribution in [0, 0.1) is 5.41 Å². The molecule has 86 valence electrons. The molecule has 0 saturated carbocycles. The second-order valence-electron chi connectivity index (χ2n) is 4.68. The van der Waals surface area contributed by atoms with Gasteiger partial charge < -0.3 is 9.15 Å². The fraction of sp³-hybridized carbons (Fsp3) is 0.636. The van der Waals surface area contributed by atoms with Crippen molar-refractivity contribution in [2.75, 3.05) is 7.11 Å². The Balaban J connectivity index is 2.90. The Morgan fingerprint density at radius 1 is 1.47 bits per heavy atom. The Morgan fingerprint density at radius 2 is 2.13 bits per heavy atom. The largest absolute Gasteiger partial charge is 0.468 e. The van der Waals surface area contributed by atoms with Crippen molar-refractivity contribution in [3.8, 4) is 0 Å². The highest BCUT2D eigenvalue weighted by Gasteiger charge is 2.34. The van der Waals surface area contributed by atoms with Crippen LogP contribution in [0.1, 0.15) is 32.6 Å². The molecule has 4 nitrogen and oxygen atoms in total. The monoisotopic (exact) mass is 212 g/mol. The fourth-order valence-corrected chi connectivity index (χ4v) is 1.78. The first kappa shape index (κ1) is 12.2. The number of ether oxygens (including phenoxy) is 1. The lowest BCUT2D eigenvalue weighted by atomic mass is 9.84. The second kappa shape index (κ2) is 4.79. The molecule has 1 heterocycles. The maximum atomic E-state index is 5.55. The first-order valence-electron chi connectivity index (χ1n) is 5.03. The van der Waals surface area contributed by atoms with E-state index in [4.69, 9.17) is 15.0 Å². The lowest BCUT2D eigenvalue weighted by Gasteiger charge is -2.34. The normalized spacial score (nSPS) is 16.3.